The minimum atomic E-state index is -0.471. The molecule has 0 saturated carbocycles. The molecule has 2 amide bonds. The van der Waals surface area contributed by atoms with Crippen LogP contribution in [0.1, 0.15) is 52.9 Å². The maximum Gasteiger partial charge on any atom is 0.238 e. The fourth-order valence-corrected chi connectivity index (χ4v) is 3.93. The summed E-state index contributed by atoms with van der Waals surface area (Å²) in [6.07, 6.45) is 4.15. The average molecular weight is 406 g/mol. The third kappa shape index (κ3) is 6.55. The Bertz CT molecular complexity index is 693. The van der Waals surface area contributed by atoms with Crippen molar-refractivity contribution < 1.29 is 14.3 Å². The monoisotopic (exact) mass is 405 g/mol. The van der Waals surface area contributed by atoms with Gasteiger partial charge in [-0.3, -0.25) is 19.5 Å². The molecule has 1 aliphatic heterocycles. The lowest BCUT2D eigenvalue weighted by atomic mass is 10.2. The first kappa shape index (κ1) is 22.3. The van der Waals surface area contributed by atoms with Crippen LogP contribution in [0.2, 0.25) is 0 Å². The number of benzene rings is 1. The SMILES string of the molecule is CCCCN=C1S[C@H](C(=O)Nc2cccc(OCC)c2)CC(=O)N1CCCC. The van der Waals surface area contributed by atoms with E-state index < -0.39 is 5.25 Å². The van der Waals surface area contributed by atoms with E-state index in [2.05, 4.69) is 24.2 Å². The molecule has 1 aliphatic rings. The third-order valence-electron chi connectivity index (χ3n) is 4.34. The van der Waals surface area contributed by atoms with Crippen molar-refractivity contribution in [3.05, 3.63) is 24.3 Å². The second kappa shape index (κ2) is 11.7. The number of unbranched alkanes of at least 4 members (excludes halogenated alkanes) is 2. The molecule has 1 heterocycles. The lowest BCUT2D eigenvalue weighted by Gasteiger charge is -2.31. The maximum atomic E-state index is 12.8. The van der Waals surface area contributed by atoms with Gasteiger partial charge >= 0.3 is 0 Å². The zero-order valence-electron chi connectivity index (χ0n) is 17.1. The van der Waals surface area contributed by atoms with Crippen LogP contribution in [0.3, 0.4) is 0 Å². The van der Waals surface area contributed by atoms with Gasteiger partial charge in [-0.2, -0.15) is 0 Å². The molecular formula is C21H31N3O3S. The van der Waals surface area contributed by atoms with Gasteiger partial charge in [0.2, 0.25) is 11.8 Å². The largest absolute Gasteiger partial charge is 0.494 e. The quantitative estimate of drug-likeness (QED) is 0.589. The van der Waals surface area contributed by atoms with E-state index in [0.717, 1.165) is 25.7 Å². The van der Waals surface area contributed by atoms with Crippen molar-refractivity contribution in [1.82, 2.24) is 4.90 Å². The van der Waals surface area contributed by atoms with Crippen molar-refractivity contribution in [3.63, 3.8) is 0 Å². The molecule has 0 aromatic heterocycles. The van der Waals surface area contributed by atoms with Crippen molar-refractivity contribution >= 4 is 34.4 Å². The van der Waals surface area contributed by atoms with E-state index in [4.69, 9.17) is 4.74 Å². The van der Waals surface area contributed by atoms with E-state index in [1.54, 1.807) is 11.0 Å². The highest BCUT2D eigenvalue weighted by Crippen LogP contribution is 2.28. The second-order valence-electron chi connectivity index (χ2n) is 6.68. The number of carbonyl (C=O) groups is 2. The van der Waals surface area contributed by atoms with Gasteiger partial charge in [-0.1, -0.05) is 44.5 Å². The molecule has 0 spiro atoms. The van der Waals surface area contributed by atoms with Crippen LogP contribution in [0.25, 0.3) is 0 Å². The Hall–Kier alpha value is -2.02. The van der Waals surface area contributed by atoms with Gasteiger partial charge in [0.1, 0.15) is 11.0 Å². The van der Waals surface area contributed by atoms with Crippen LogP contribution < -0.4 is 10.1 Å². The Labute approximate surface area is 172 Å². The predicted molar refractivity (Wildman–Crippen MR) is 116 cm³/mol. The number of thioether (sulfide) groups is 1. The number of hydrogen-bond acceptors (Lipinski definition) is 5. The Kier molecular flexibility index (Phi) is 9.34. The molecule has 28 heavy (non-hydrogen) atoms. The van der Waals surface area contributed by atoms with Crippen LogP contribution in [0.5, 0.6) is 5.75 Å². The molecule has 2 rings (SSSR count). The molecule has 1 saturated heterocycles. The van der Waals surface area contributed by atoms with E-state index in [1.165, 1.54) is 11.8 Å². The van der Waals surface area contributed by atoms with Crippen molar-refractivity contribution in [2.24, 2.45) is 4.99 Å². The average Bonchev–Trinajstić information content (AvgIpc) is 2.68. The Morgan fingerprint density at radius 3 is 2.79 bits per heavy atom. The molecule has 1 fully saturated rings. The lowest BCUT2D eigenvalue weighted by molar-refractivity contribution is -0.129. The van der Waals surface area contributed by atoms with E-state index in [1.807, 2.05) is 25.1 Å². The number of rotatable bonds is 10. The minimum Gasteiger partial charge on any atom is -0.494 e. The number of ether oxygens (including phenoxy) is 1. The second-order valence-corrected chi connectivity index (χ2v) is 7.85. The first-order valence-electron chi connectivity index (χ1n) is 10.1. The normalized spacial score (nSPS) is 18.4. The van der Waals surface area contributed by atoms with Crippen LogP contribution in [-0.2, 0) is 9.59 Å². The van der Waals surface area contributed by atoms with Gasteiger partial charge in [-0.05, 0) is 31.9 Å². The van der Waals surface area contributed by atoms with Crippen molar-refractivity contribution in [3.8, 4) is 5.75 Å². The molecule has 7 heteroatoms. The lowest BCUT2D eigenvalue weighted by Crippen LogP contribution is -2.45. The van der Waals surface area contributed by atoms with Crippen LogP contribution in [0.15, 0.2) is 29.3 Å². The summed E-state index contributed by atoms with van der Waals surface area (Å²) in [6.45, 7) is 8.04. The third-order valence-corrected chi connectivity index (χ3v) is 5.56. The van der Waals surface area contributed by atoms with Crippen LogP contribution in [0.4, 0.5) is 5.69 Å². The molecule has 6 nitrogen and oxygen atoms in total. The van der Waals surface area contributed by atoms with Gasteiger partial charge in [0.25, 0.3) is 0 Å². The molecule has 0 bridgehead atoms. The number of nitrogens with one attached hydrogen (secondary N) is 1. The minimum absolute atomic E-state index is 0.0225. The van der Waals surface area contributed by atoms with Crippen LogP contribution in [-0.4, -0.2) is 46.8 Å². The molecule has 154 valence electrons. The Morgan fingerprint density at radius 1 is 1.29 bits per heavy atom. The fourth-order valence-electron chi connectivity index (χ4n) is 2.80. The molecule has 1 atom stereocenters. The summed E-state index contributed by atoms with van der Waals surface area (Å²) >= 11 is 1.40. The summed E-state index contributed by atoms with van der Waals surface area (Å²) in [5.74, 6) is 0.510. The summed E-state index contributed by atoms with van der Waals surface area (Å²) in [5, 5.41) is 3.12. The fraction of sp³-hybridized carbons (Fsp3) is 0.571. The molecular weight excluding hydrogens is 374 g/mol. The molecule has 0 aliphatic carbocycles. The van der Waals surface area contributed by atoms with E-state index in [9.17, 15) is 9.59 Å². The van der Waals surface area contributed by atoms with Gasteiger partial charge in [0.05, 0.1) is 6.61 Å². The van der Waals surface area contributed by atoms with Crippen molar-refractivity contribution in [2.75, 3.05) is 25.0 Å². The summed E-state index contributed by atoms with van der Waals surface area (Å²) in [7, 11) is 0. The number of nitrogens with zero attached hydrogens (tertiary/aromatic N) is 2. The van der Waals surface area contributed by atoms with Gasteiger partial charge in [0, 0.05) is 31.3 Å². The molecule has 1 aromatic carbocycles. The standard InChI is InChI=1S/C21H31N3O3S/c1-4-7-12-22-21-24(13-8-5-2)19(25)15-18(28-21)20(26)23-16-10-9-11-17(14-16)27-6-3/h9-11,14,18H,4-8,12-13,15H2,1-3H3,(H,23,26)/t18-/m0/s1. The molecule has 1 N–H and O–H groups in total. The zero-order chi connectivity index (χ0) is 20.4. The van der Waals surface area contributed by atoms with E-state index in [-0.39, 0.29) is 18.2 Å². The van der Waals surface area contributed by atoms with E-state index >= 15 is 0 Å². The zero-order valence-corrected chi connectivity index (χ0v) is 17.9. The van der Waals surface area contributed by atoms with Crippen LogP contribution in [0, 0.1) is 0 Å². The Morgan fingerprint density at radius 2 is 2.07 bits per heavy atom. The first-order chi connectivity index (χ1) is 13.6. The van der Waals surface area contributed by atoms with Gasteiger partial charge in [-0.15, -0.1) is 0 Å². The highest BCUT2D eigenvalue weighted by Gasteiger charge is 2.35. The predicted octanol–water partition coefficient (Wildman–Crippen LogP) is 4.31. The first-order valence-corrected chi connectivity index (χ1v) is 11.0. The smallest absolute Gasteiger partial charge is 0.238 e. The van der Waals surface area contributed by atoms with Crippen molar-refractivity contribution in [2.45, 2.75) is 58.1 Å². The number of aliphatic imine (C=N–C) groups is 1. The number of hydrogen-bond donors (Lipinski definition) is 1. The highest BCUT2D eigenvalue weighted by atomic mass is 32.2. The number of amides is 2. The Balaban J connectivity index is 2.08. The maximum absolute atomic E-state index is 12.8. The number of carbonyl (C=O) groups excluding carboxylic acids is 2. The summed E-state index contributed by atoms with van der Waals surface area (Å²) in [4.78, 5) is 31.8. The van der Waals surface area contributed by atoms with E-state index in [0.29, 0.717) is 36.3 Å². The number of anilines is 1. The topological polar surface area (TPSA) is 71.0 Å². The molecule has 0 radical (unpaired) electrons. The summed E-state index contributed by atoms with van der Waals surface area (Å²) in [5.41, 5.74) is 0.668. The van der Waals surface area contributed by atoms with Crippen molar-refractivity contribution in [1.29, 1.82) is 0 Å². The van der Waals surface area contributed by atoms with Gasteiger partial charge < -0.3 is 10.1 Å². The van der Waals surface area contributed by atoms with Gasteiger partial charge in [-0.25, -0.2) is 0 Å². The summed E-state index contributed by atoms with van der Waals surface area (Å²) in [6, 6.07) is 7.30. The molecule has 0 unspecified atom stereocenters. The molecule has 1 aromatic rings. The van der Waals surface area contributed by atoms with Gasteiger partial charge in [0.15, 0.2) is 5.17 Å². The van der Waals surface area contributed by atoms with Crippen LogP contribution >= 0.6 is 11.8 Å². The number of amidine groups is 1. The summed E-state index contributed by atoms with van der Waals surface area (Å²) < 4.78 is 5.48. The highest BCUT2D eigenvalue weighted by molar-refractivity contribution is 8.15.